The molecular weight excluding hydrogens is 559 g/mol. The molecule has 0 radical (unpaired) electrons. The first-order chi connectivity index (χ1) is 17.8. The number of fused-ring (bicyclic) bond motifs is 2. The fourth-order valence-electron chi connectivity index (χ4n) is 5.15. The van der Waals surface area contributed by atoms with Crippen molar-refractivity contribution in [2.75, 3.05) is 36.4 Å². The van der Waals surface area contributed by atoms with E-state index in [2.05, 4.69) is 27.7 Å². The molecular formula is C25H23Cl2F6N3O2. The first kappa shape index (κ1) is 28.5. The minimum absolute atomic E-state index is 0.613. The van der Waals surface area contributed by atoms with Crippen molar-refractivity contribution >= 4 is 46.1 Å². The van der Waals surface area contributed by atoms with Gasteiger partial charge in [-0.25, -0.2) is 0 Å². The van der Waals surface area contributed by atoms with E-state index < -0.39 is 23.9 Å². The molecule has 0 spiro atoms. The Morgan fingerprint density at radius 2 is 1.71 bits per heavy atom. The van der Waals surface area contributed by atoms with E-state index in [4.69, 9.17) is 23.2 Å². The van der Waals surface area contributed by atoms with Gasteiger partial charge >= 0.3 is 23.9 Å². The Bertz CT molecular complexity index is 1210. The zero-order valence-corrected chi connectivity index (χ0v) is 21.3. The lowest BCUT2D eigenvalue weighted by molar-refractivity contribution is -0.193. The summed E-state index contributed by atoms with van der Waals surface area (Å²) >= 11 is 12.5. The van der Waals surface area contributed by atoms with Crippen molar-refractivity contribution in [3.63, 3.8) is 0 Å². The molecule has 1 fully saturated rings. The van der Waals surface area contributed by atoms with Gasteiger partial charge in [-0.3, -0.25) is 9.59 Å². The first-order valence-electron chi connectivity index (χ1n) is 11.8. The summed E-state index contributed by atoms with van der Waals surface area (Å²) in [6, 6.07) is 10.5. The van der Waals surface area contributed by atoms with Crippen molar-refractivity contribution in [1.82, 2.24) is 5.32 Å². The molecule has 0 unspecified atom stereocenters. The van der Waals surface area contributed by atoms with Crippen LogP contribution in [0.3, 0.4) is 0 Å². The quantitative estimate of drug-likeness (QED) is 0.346. The minimum Gasteiger partial charge on any atom is -0.381 e. The lowest BCUT2D eigenvalue weighted by atomic mass is 9.80. The molecule has 1 saturated heterocycles. The van der Waals surface area contributed by atoms with Crippen molar-refractivity contribution in [1.29, 1.82) is 0 Å². The molecule has 5 nitrogen and oxygen atoms in total. The number of anilines is 2. The van der Waals surface area contributed by atoms with Gasteiger partial charge in [0.25, 0.3) is 0 Å². The van der Waals surface area contributed by atoms with Gasteiger partial charge in [0.05, 0.1) is 10.0 Å². The molecule has 2 atom stereocenters. The number of benzene rings is 2. The highest BCUT2D eigenvalue weighted by molar-refractivity contribution is 6.42. The lowest BCUT2D eigenvalue weighted by Crippen LogP contribution is -2.41. The van der Waals surface area contributed by atoms with E-state index in [1.807, 2.05) is 18.2 Å². The topological polar surface area (TPSA) is 61.4 Å². The van der Waals surface area contributed by atoms with E-state index in [0.717, 1.165) is 24.6 Å². The highest BCUT2D eigenvalue weighted by atomic mass is 35.5. The van der Waals surface area contributed by atoms with Crippen LogP contribution >= 0.6 is 23.2 Å². The van der Waals surface area contributed by atoms with Gasteiger partial charge in [-0.1, -0.05) is 35.3 Å². The van der Waals surface area contributed by atoms with Crippen LogP contribution in [0.25, 0.3) is 0 Å². The van der Waals surface area contributed by atoms with Gasteiger partial charge in [0.15, 0.2) is 0 Å². The maximum atomic E-state index is 11.2. The molecule has 0 aliphatic carbocycles. The number of Topliss-reactive ketones (excluding diaryl/α,β-unsaturated/α-hetero) is 2. The molecule has 0 aromatic heterocycles. The Labute approximate surface area is 224 Å². The molecule has 206 valence electrons. The molecule has 3 aliphatic rings. The van der Waals surface area contributed by atoms with E-state index in [9.17, 15) is 35.9 Å². The number of nitrogens with one attached hydrogen (secondary N) is 2. The second-order valence-electron chi connectivity index (χ2n) is 9.37. The molecule has 2 N–H and O–H groups in total. The molecule has 2 aromatic rings. The van der Waals surface area contributed by atoms with Crippen molar-refractivity contribution in [3.8, 4) is 0 Å². The Morgan fingerprint density at radius 1 is 1.03 bits per heavy atom. The van der Waals surface area contributed by atoms with Crippen molar-refractivity contribution in [2.24, 2.45) is 5.92 Å². The minimum atomic E-state index is -5.77. The molecule has 0 bridgehead atoms. The highest BCUT2D eigenvalue weighted by Gasteiger charge is 2.54. The number of ketones is 2. The zero-order valence-electron chi connectivity index (χ0n) is 19.8. The normalized spacial score (nSPS) is 20.2. The third-order valence-corrected chi connectivity index (χ3v) is 7.70. The van der Waals surface area contributed by atoms with Crippen LogP contribution in [0.4, 0.5) is 37.7 Å². The van der Waals surface area contributed by atoms with Gasteiger partial charge in [0.2, 0.25) is 0 Å². The van der Waals surface area contributed by atoms with Crippen LogP contribution in [-0.4, -0.2) is 50.1 Å². The second-order valence-corrected chi connectivity index (χ2v) is 10.2. The Balaban J connectivity index is 0.000000240. The fraction of sp³-hybridized carbons (Fsp3) is 0.440. The van der Waals surface area contributed by atoms with Gasteiger partial charge in [0.1, 0.15) is 0 Å². The van der Waals surface area contributed by atoms with Crippen molar-refractivity contribution in [2.45, 2.75) is 37.7 Å². The number of hydrogen-bond acceptors (Lipinski definition) is 5. The third kappa shape index (κ3) is 6.05. The van der Waals surface area contributed by atoms with E-state index in [1.54, 1.807) is 0 Å². The van der Waals surface area contributed by atoms with Crippen LogP contribution in [0.1, 0.15) is 29.0 Å². The largest absolute Gasteiger partial charge is 0.458 e. The van der Waals surface area contributed by atoms with Gasteiger partial charge in [-0.05, 0) is 53.6 Å². The number of carbonyl (C=O) groups is 2. The molecule has 3 heterocycles. The van der Waals surface area contributed by atoms with Crippen LogP contribution in [0.5, 0.6) is 0 Å². The molecule has 13 heteroatoms. The number of aryl methyl sites for hydroxylation is 1. The standard InChI is InChI=1S/C21H23Cl2N3.C4F6O2/c22-19-5-1-3-14(20(19)23)10-25-16-7-13-4-2-6-26-12-15-9-24-11-18(15)17(8-16)21(13)26;5-3(6,7)1(11)2(12)4(8,9)10/h1,3,5,7-8,15,18,24-25H,2,4,6,9-12H2;/t15-,18-;/m1./s1. The summed E-state index contributed by atoms with van der Waals surface area (Å²) in [7, 11) is 0. The van der Waals surface area contributed by atoms with Crippen LogP contribution in [-0.2, 0) is 22.6 Å². The van der Waals surface area contributed by atoms with Crippen LogP contribution < -0.4 is 15.5 Å². The summed E-state index contributed by atoms with van der Waals surface area (Å²) in [5.74, 6) is -5.43. The molecule has 5 rings (SSSR count). The smallest absolute Gasteiger partial charge is 0.381 e. The number of nitrogens with zero attached hydrogens (tertiary/aromatic N) is 1. The number of hydrogen-bond donors (Lipinski definition) is 2. The molecule has 38 heavy (non-hydrogen) atoms. The Kier molecular flexibility index (Phi) is 8.20. The van der Waals surface area contributed by atoms with Crippen molar-refractivity contribution in [3.05, 3.63) is 57.1 Å². The monoisotopic (exact) mass is 581 g/mol. The lowest BCUT2D eigenvalue weighted by Gasteiger charge is -2.42. The predicted molar refractivity (Wildman–Crippen MR) is 132 cm³/mol. The molecule has 2 aromatic carbocycles. The number of rotatable bonds is 4. The fourth-order valence-corrected chi connectivity index (χ4v) is 5.53. The molecule has 3 aliphatic heterocycles. The average Bonchev–Trinajstić information content (AvgIpc) is 3.32. The molecule has 0 saturated carbocycles. The first-order valence-corrected chi connectivity index (χ1v) is 12.5. The van der Waals surface area contributed by atoms with Crippen LogP contribution in [0.2, 0.25) is 10.0 Å². The van der Waals surface area contributed by atoms with E-state index in [-0.39, 0.29) is 0 Å². The maximum Gasteiger partial charge on any atom is 0.458 e. The summed E-state index contributed by atoms with van der Waals surface area (Å²) in [6.07, 6.45) is -9.11. The second kappa shape index (κ2) is 10.9. The van der Waals surface area contributed by atoms with E-state index >= 15 is 0 Å². The average molecular weight is 582 g/mol. The predicted octanol–water partition coefficient (Wildman–Crippen LogP) is 5.92. The third-order valence-electron chi connectivity index (χ3n) is 6.84. The SMILES string of the molecule is Clc1cccc(CNc2cc3c4c(c2)[C@@H]2CNC[C@@H]2CN4CCC3)c1Cl.O=C(C(=O)C(F)(F)F)C(F)(F)F. The number of alkyl halides is 6. The summed E-state index contributed by atoms with van der Waals surface area (Å²) in [5, 5.41) is 8.45. The Morgan fingerprint density at radius 3 is 2.37 bits per heavy atom. The number of carbonyl (C=O) groups excluding carboxylic acids is 2. The van der Waals surface area contributed by atoms with Crippen molar-refractivity contribution < 1.29 is 35.9 Å². The summed E-state index contributed by atoms with van der Waals surface area (Å²) < 4.78 is 67.0. The van der Waals surface area contributed by atoms with Crippen LogP contribution in [0.15, 0.2) is 30.3 Å². The number of halogens is 8. The summed E-state index contributed by atoms with van der Waals surface area (Å²) in [6.45, 7) is 5.35. The Hall–Kier alpha value is -2.50. The van der Waals surface area contributed by atoms with Gasteiger partial charge in [0, 0.05) is 50.0 Å². The molecule has 0 amide bonds. The summed E-state index contributed by atoms with van der Waals surface area (Å²) in [4.78, 5) is 21.9. The zero-order chi connectivity index (χ0) is 27.8. The van der Waals surface area contributed by atoms with E-state index in [1.165, 1.54) is 48.4 Å². The van der Waals surface area contributed by atoms with Gasteiger partial charge in [-0.15, -0.1) is 0 Å². The van der Waals surface area contributed by atoms with Crippen LogP contribution in [0, 0.1) is 5.92 Å². The van der Waals surface area contributed by atoms with Gasteiger partial charge in [-0.2, -0.15) is 26.3 Å². The van der Waals surface area contributed by atoms with E-state index in [0.29, 0.717) is 22.5 Å². The maximum absolute atomic E-state index is 11.2. The highest BCUT2D eigenvalue weighted by Crippen LogP contribution is 2.46. The summed E-state index contributed by atoms with van der Waals surface area (Å²) in [5.41, 5.74) is 6.78. The van der Waals surface area contributed by atoms with Gasteiger partial charge < -0.3 is 15.5 Å².